The SMILES string of the molecule is O=C(O)c1cc(=O)[nH]c2ccc(-c3ccc4c(c3)OCO4)cc12. The molecule has 0 radical (unpaired) electrons. The predicted octanol–water partition coefficient (Wildman–Crippen LogP) is 2.62. The second-order valence-electron chi connectivity index (χ2n) is 5.18. The molecule has 0 unspecified atom stereocenters. The van der Waals surface area contributed by atoms with Crippen molar-refractivity contribution < 1.29 is 19.4 Å². The average molecular weight is 309 g/mol. The summed E-state index contributed by atoms with van der Waals surface area (Å²) in [5.41, 5.74) is 1.72. The van der Waals surface area contributed by atoms with Crippen molar-refractivity contribution in [1.82, 2.24) is 4.98 Å². The number of nitrogens with one attached hydrogen (secondary N) is 1. The number of H-pyrrole nitrogens is 1. The molecule has 2 N–H and O–H groups in total. The minimum Gasteiger partial charge on any atom is -0.478 e. The van der Waals surface area contributed by atoms with Crippen LogP contribution in [0.25, 0.3) is 22.0 Å². The monoisotopic (exact) mass is 309 g/mol. The lowest BCUT2D eigenvalue weighted by atomic mass is 10.0. The number of carboxylic acids is 1. The fourth-order valence-corrected chi connectivity index (χ4v) is 2.69. The fraction of sp³-hybridized carbons (Fsp3) is 0.0588. The van der Waals surface area contributed by atoms with E-state index in [9.17, 15) is 14.7 Å². The molecule has 4 rings (SSSR count). The molecular formula is C17H11NO5. The van der Waals surface area contributed by atoms with Crippen LogP contribution >= 0.6 is 0 Å². The normalized spacial score (nSPS) is 12.5. The molecule has 6 nitrogen and oxygen atoms in total. The van der Waals surface area contributed by atoms with E-state index in [0.717, 1.165) is 17.2 Å². The van der Waals surface area contributed by atoms with Crippen LogP contribution in [0.2, 0.25) is 0 Å². The van der Waals surface area contributed by atoms with E-state index in [2.05, 4.69) is 4.98 Å². The third-order valence-corrected chi connectivity index (χ3v) is 3.78. The standard InChI is InChI=1S/C17H11NO5/c19-16-7-12(17(20)21)11-5-9(1-3-13(11)18-16)10-2-4-14-15(6-10)23-8-22-14/h1-7H,8H2,(H,18,19)(H,20,21). The molecule has 3 aromatic rings. The van der Waals surface area contributed by atoms with Crippen LogP contribution in [-0.2, 0) is 0 Å². The summed E-state index contributed by atoms with van der Waals surface area (Å²) in [4.78, 5) is 25.6. The molecule has 0 aliphatic carbocycles. The Morgan fingerprint density at radius 3 is 2.57 bits per heavy atom. The Hall–Kier alpha value is -3.28. The first-order chi connectivity index (χ1) is 11.1. The van der Waals surface area contributed by atoms with Crippen molar-refractivity contribution in [2.24, 2.45) is 0 Å². The first-order valence-corrected chi connectivity index (χ1v) is 6.92. The minimum atomic E-state index is -1.14. The minimum absolute atomic E-state index is 0.0219. The van der Waals surface area contributed by atoms with Gasteiger partial charge in [0.15, 0.2) is 11.5 Å². The molecule has 0 atom stereocenters. The van der Waals surface area contributed by atoms with Crippen molar-refractivity contribution in [2.75, 3.05) is 6.79 Å². The third-order valence-electron chi connectivity index (χ3n) is 3.78. The molecule has 6 heteroatoms. The van der Waals surface area contributed by atoms with E-state index in [1.165, 1.54) is 0 Å². The number of carboxylic acid groups (broad SMARTS) is 1. The second-order valence-corrected chi connectivity index (χ2v) is 5.18. The molecule has 23 heavy (non-hydrogen) atoms. The van der Waals surface area contributed by atoms with Gasteiger partial charge in [-0.2, -0.15) is 0 Å². The van der Waals surface area contributed by atoms with Gasteiger partial charge in [0.25, 0.3) is 0 Å². The summed E-state index contributed by atoms with van der Waals surface area (Å²) < 4.78 is 10.6. The maximum atomic E-state index is 11.5. The maximum absolute atomic E-state index is 11.5. The number of hydrogen-bond donors (Lipinski definition) is 2. The van der Waals surface area contributed by atoms with Crippen LogP contribution in [0.3, 0.4) is 0 Å². The summed E-state index contributed by atoms with van der Waals surface area (Å²) in [7, 11) is 0. The van der Waals surface area contributed by atoms with E-state index in [1.54, 1.807) is 12.1 Å². The lowest BCUT2D eigenvalue weighted by Crippen LogP contribution is -2.10. The zero-order valence-electron chi connectivity index (χ0n) is 11.8. The van der Waals surface area contributed by atoms with Gasteiger partial charge in [-0.15, -0.1) is 0 Å². The van der Waals surface area contributed by atoms with Crippen molar-refractivity contribution in [2.45, 2.75) is 0 Å². The van der Waals surface area contributed by atoms with Crippen molar-refractivity contribution in [1.29, 1.82) is 0 Å². The summed E-state index contributed by atoms with van der Waals surface area (Å²) >= 11 is 0. The fourth-order valence-electron chi connectivity index (χ4n) is 2.69. The molecule has 1 aliphatic rings. The molecule has 2 aromatic carbocycles. The Kier molecular flexibility index (Phi) is 2.84. The Bertz CT molecular complexity index is 1010. The molecule has 2 heterocycles. The average Bonchev–Trinajstić information content (AvgIpc) is 3.01. The van der Waals surface area contributed by atoms with Gasteiger partial charge in [-0.25, -0.2) is 4.79 Å². The number of pyridine rings is 1. The topological polar surface area (TPSA) is 88.6 Å². The molecule has 0 spiro atoms. The Labute approximate surface area is 129 Å². The number of fused-ring (bicyclic) bond motifs is 2. The van der Waals surface area contributed by atoms with E-state index in [-0.39, 0.29) is 12.4 Å². The van der Waals surface area contributed by atoms with Crippen LogP contribution in [0.5, 0.6) is 11.5 Å². The highest BCUT2D eigenvalue weighted by atomic mass is 16.7. The Balaban J connectivity index is 1.92. The lowest BCUT2D eigenvalue weighted by molar-refractivity contribution is 0.0699. The highest BCUT2D eigenvalue weighted by molar-refractivity contribution is 6.03. The zero-order valence-corrected chi connectivity index (χ0v) is 11.8. The largest absolute Gasteiger partial charge is 0.478 e. The molecule has 0 fully saturated rings. The summed E-state index contributed by atoms with van der Waals surface area (Å²) in [5.74, 6) is 0.205. The summed E-state index contributed by atoms with van der Waals surface area (Å²) in [6, 6.07) is 11.9. The third kappa shape index (κ3) is 2.20. The summed E-state index contributed by atoms with van der Waals surface area (Å²) in [6.07, 6.45) is 0. The van der Waals surface area contributed by atoms with Crippen LogP contribution in [0, 0.1) is 0 Å². The van der Waals surface area contributed by atoms with Crippen LogP contribution in [0.4, 0.5) is 0 Å². The predicted molar refractivity (Wildman–Crippen MR) is 83.1 cm³/mol. The van der Waals surface area contributed by atoms with Crippen LogP contribution in [0.15, 0.2) is 47.3 Å². The van der Waals surface area contributed by atoms with Crippen molar-refractivity contribution >= 4 is 16.9 Å². The Morgan fingerprint density at radius 2 is 1.74 bits per heavy atom. The summed E-state index contributed by atoms with van der Waals surface area (Å²) in [5, 5.41) is 9.79. The van der Waals surface area contributed by atoms with Gasteiger partial charge in [-0.3, -0.25) is 4.79 Å². The highest BCUT2D eigenvalue weighted by Crippen LogP contribution is 2.36. The van der Waals surface area contributed by atoms with Gasteiger partial charge >= 0.3 is 5.97 Å². The van der Waals surface area contributed by atoms with Crippen LogP contribution in [-0.4, -0.2) is 22.9 Å². The Morgan fingerprint density at radius 1 is 1.00 bits per heavy atom. The first kappa shape index (κ1) is 13.4. The van der Waals surface area contributed by atoms with Gasteiger partial charge in [0, 0.05) is 17.0 Å². The molecule has 0 saturated heterocycles. The van der Waals surface area contributed by atoms with Gasteiger partial charge in [0.05, 0.1) is 5.56 Å². The van der Waals surface area contributed by atoms with Gasteiger partial charge in [0.1, 0.15) is 0 Å². The van der Waals surface area contributed by atoms with E-state index in [1.807, 2.05) is 24.3 Å². The molecule has 1 aliphatic heterocycles. The number of ether oxygens (including phenoxy) is 2. The number of benzene rings is 2. The van der Waals surface area contributed by atoms with E-state index < -0.39 is 11.5 Å². The number of aromatic amines is 1. The number of hydrogen-bond acceptors (Lipinski definition) is 4. The number of aromatic carboxylic acids is 1. The van der Waals surface area contributed by atoms with Gasteiger partial charge < -0.3 is 19.6 Å². The second kappa shape index (κ2) is 4.88. The van der Waals surface area contributed by atoms with E-state index in [0.29, 0.717) is 22.4 Å². The molecule has 114 valence electrons. The first-order valence-electron chi connectivity index (χ1n) is 6.92. The van der Waals surface area contributed by atoms with Gasteiger partial charge in [-0.1, -0.05) is 12.1 Å². The van der Waals surface area contributed by atoms with Crippen molar-refractivity contribution in [3.05, 3.63) is 58.4 Å². The molecule has 0 saturated carbocycles. The number of rotatable bonds is 2. The smallest absolute Gasteiger partial charge is 0.336 e. The summed E-state index contributed by atoms with van der Waals surface area (Å²) in [6.45, 7) is 0.195. The van der Waals surface area contributed by atoms with Crippen LogP contribution < -0.4 is 15.0 Å². The number of carbonyl (C=O) groups is 1. The maximum Gasteiger partial charge on any atom is 0.336 e. The molecular weight excluding hydrogens is 298 g/mol. The van der Waals surface area contributed by atoms with Gasteiger partial charge in [0.2, 0.25) is 12.4 Å². The lowest BCUT2D eigenvalue weighted by Gasteiger charge is -2.07. The van der Waals surface area contributed by atoms with Crippen molar-refractivity contribution in [3.63, 3.8) is 0 Å². The van der Waals surface area contributed by atoms with E-state index >= 15 is 0 Å². The van der Waals surface area contributed by atoms with Crippen molar-refractivity contribution in [3.8, 4) is 22.6 Å². The highest BCUT2D eigenvalue weighted by Gasteiger charge is 2.15. The quantitative estimate of drug-likeness (QED) is 0.759. The zero-order chi connectivity index (χ0) is 16.0. The molecule has 0 bridgehead atoms. The van der Waals surface area contributed by atoms with Gasteiger partial charge in [-0.05, 0) is 35.4 Å². The number of aromatic nitrogens is 1. The molecule has 1 aromatic heterocycles. The van der Waals surface area contributed by atoms with Crippen LogP contribution in [0.1, 0.15) is 10.4 Å². The van der Waals surface area contributed by atoms with E-state index in [4.69, 9.17) is 9.47 Å². The molecule has 0 amide bonds.